The number of carbonyl (C=O) groups excluding carboxylic acids is 1. The molecule has 1 saturated heterocycles. The number of benzene rings is 1. The lowest BCUT2D eigenvalue weighted by molar-refractivity contribution is -0.352. The second kappa shape index (κ2) is 8.91. The van der Waals surface area contributed by atoms with Crippen molar-refractivity contribution in [2.75, 3.05) is 6.61 Å². The number of halogens is 4. The molecule has 2 fully saturated rings. The largest absolute Gasteiger partial charge is 0.522 e. The van der Waals surface area contributed by atoms with E-state index in [1.807, 2.05) is 0 Å². The van der Waals surface area contributed by atoms with Crippen LogP contribution in [0.5, 0.6) is 0 Å². The minimum absolute atomic E-state index is 0.165. The van der Waals surface area contributed by atoms with E-state index in [1.54, 1.807) is 6.07 Å². The zero-order chi connectivity index (χ0) is 23.9. The second-order valence-electron chi connectivity index (χ2n) is 8.44. The molecule has 0 unspecified atom stereocenters. The standard InChI is InChI=1S/C22H20F4N4O4/c23-13-2-5-16-11(7-13)1-4-17(28-16)19(31)27-14-3-6-18(32-10-14)21-30-29-20(33-21)12-8-15(9-12)34-22(24,25)26/h1-2,4-5,7,12,14-15,18H,3,6,8-10H2,(H,27,31)/t12-,14-,15+,18+/m1/s1. The Labute approximate surface area is 190 Å². The summed E-state index contributed by atoms with van der Waals surface area (Å²) in [5.41, 5.74) is 0.736. The van der Waals surface area contributed by atoms with Gasteiger partial charge in [-0.25, -0.2) is 9.37 Å². The van der Waals surface area contributed by atoms with Crippen LogP contribution in [0, 0.1) is 5.82 Å². The predicted molar refractivity (Wildman–Crippen MR) is 108 cm³/mol. The molecule has 2 atom stereocenters. The maximum Gasteiger partial charge on any atom is 0.522 e. The van der Waals surface area contributed by atoms with Gasteiger partial charge in [-0.2, -0.15) is 0 Å². The summed E-state index contributed by atoms with van der Waals surface area (Å²) in [5.74, 6) is -0.461. The van der Waals surface area contributed by atoms with Crippen LogP contribution in [0.25, 0.3) is 10.9 Å². The van der Waals surface area contributed by atoms with Gasteiger partial charge in [0.25, 0.3) is 5.91 Å². The third kappa shape index (κ3) is 5.02. The molecule has 1 amide bonds. The predicted octanol–water partition coefficient (Wildman–Crippen LogP) is 4.19. The first-order valence-electron chi connectivity index (χ1n) is 10.8. The van der Waals surface area contributed by atoms with Crippen LogP contribution in [-0.2, 0) is 9.47 Å². The number of amides is 1. The highest BCUT2D eigenvalue weighted by molar-refractivity contribution is 5.95. The number of hydrogen-bond donors (Lipinski definition) is 1. The molecule has 1 aromatic carbocycles. The monoisotopic (exact) mass is 480 g/mol. The first-order valence-corrected chi connectivity index (χ1v) is 10.8. The normalized spacial score (nSPS) is 25.2. The van der Waals surface area contributed by atoms with Gasteiger partial charge in [0, 0.05) is 11.3 Å². The Balaban J connectivity index is 1.12. The van der Waals surface area contributed by atoms with Crippen molar-refractivity contribution in [1.82, 2.24) is 20.5 Å². The summed E-state index contributed by atoms with van der Waals surface area (Å²) in [6.07, 6.45) is -4.56. The van der Waals surface area contributed by atoms with E-state index in [1.165, 1.54) is 24.3 Å². The summed E-state index contributed by atoms with van der Waals surface area (Å²) in [6.45, 7) is 0.220. The molecule has 0 radical (unpaired) electrons. The molecule has 3 aromatic rings. The number of alkyl halides is 3. The van der Waals surface area contributed by atoms with Crippen molar-refractivity contribution in [3.05, 3.63) is 53.6 Å². The molecular weight excluding hydrogens is 460 g/mol. The molecule has 0 bridgehead atoms. The van der Waals surface area contributed by atoms with Crippen molar-refractivity contribution in [3.8, 4) is 0 Å². The van der Waals surface area contributed by atoms with Crippen LogP contribution in [-0.4, -0.2) is 46.2 Å². The van der Waals surface area contributed by atoms with Crippen molar-refractivity contribution in [1.29, 1.82) is 0 Å². The third-order valence-corrected chi connectivity index (χ3v) is 5.97. The Kier molecular flexibility index (Phi) is 5.94. The average Bonchev–Trinajstić information content (AvgIpc) is 3.25. The van der Waals surface area contributed by atoms with Gasteiger partial charge in [-0.05, 0) is 49.9 Å². The minimum atomic E-state index is -4.65. The van der Waals surface area contributed by atoms with Gasteiger partial charge in [-0.3, -0.25) is 9.53 Å². The summed E-state index contributed by atoms with van der Waals surface area (Å²) in [7, 11) is 0. The number of pyridine rings is 1. The Hall–Kier alpha value is -3.12. The van der Waals surface area contributed by atoms with Crippen LogP contribution in [0.3, 0.4) is 0 Å². The van der Waals surface area contributed by atoms with E-state index in [-0.39, 0.29) is 60.6 Å². The van der Waals surface area contributed by atoms with Crippen molar-refractivity contribution in [2.45, 2.75) is 56.2 Å². The average molecular weight is 480 g/mol. The molecule has 1 aliphatic carbocycles. The summed E-state index contributed by atoms with van der Waals surface area (Å²) in [6, 6.07) is 7.08. The SMILES string of the molecule is O=C(N[C@@H]1CC[C@@H](c2nnc([C@H]3C[C@@H](OC(F)(F)F)C3)o2)OC1)c1ccc2cc(F)ccc2n1. The Morgan fingerprint density at radius 2 is 1.88 bits per heavy atom. The van der Waals surface area contributed by atoms with Crippen LogP contribution < -0.4 is 5.32 Å². The fourth-order valence-electron chi connectivity index (χ4n) is 4.14. The van der Waals surface area contributed by atoms with Gasteiger partial charge in [-0.1, -0.05) is 6.07 Å². The van der Waals surface area contributed by atoms with E-state index in [9.17, 15) is 22.4 Å². The van der Waals surface area contributed by atoms with Crippen LogP contribution in [0.2, 0.25) is 0 Å². The highest BCUT2D eigenvalue weighted by Crippen LogP contribution is 2.41. The van der Waals surface area contributed by atoms with E-state index in [0.29, 0.717) is 23.7 Å². The van der Waals surface area contributed by atoms with E-state index < -0.39 is 18.6 Å². The van der Waals surface area contributed by atoms with Crippen molar-refractivity contribution >= 4 is 16.8 Å². The maximum absolute atomic E-state index is 13.3. The lowest BCUT2D eigenvalue weighted by Gasteiger charge is -2.33. The number of carbonyl (C=O) groups is 1. The first kappa shape index (κ1) is 22.7. The van der Waals surface area contributed by atoms with Crippen molar-refractivity contribution in [2.24, 2.45) is 0 Å². The number of ether oxygens (including phenoxy) is 2. The summed E-state index contributed by atoms with van der Waals surface area (Å²) in [5, 5.41) is 11.4. The van der Waals surface area contributed by atoms with Gasteiger partial charge in [0.05, 0.1) is 24.3 Å². The van der Waals surface area contributed by atoms with E-state index in [4.69, 9.17) is 9.15 Å². The number of fused-ring (bicyclic) bond motifs is 1. The smallest absolute Gasteiger partial charge is 0.422 e. The second-order valence-corrected chi connectivity index (χ2v) is 8.44. The van der Waals surface area contributed by atoms with Gasteiger partial charge >= 0.3 is 6.36 Å². The van der Waals surface area contributed by atoms with Crippen molar-refractivity contribution < 1.29 is 36.2 Å². The van der Waals surface area contributed by atoms with Gasteiger partial charge in [-0.15, -0.1) is 23.4 Å². The molecule has 34 heavy (non-hydrogen) atoms. The lowest BCUT2D eigenvalue weighted by Crippen LogP contribution is -2.41. The van der Waals surface area contributed by atoms with Gasteiger partial charge in [0.15, 0.2) is 0 Å². The van der Waals surface area contributed by atoms with Crippen LogP contribution in [0.4, 0.5) is 17.6 Å². The topological polar surface area (TPSA) is 99.4 Å². The maximum atomic E-state index is 13.3. The fourth-order valence-corrected chi connectivity index (χ4v) is 4.14. The molecular formula is C22H20F4N4O4. The van der Waals surface area contributed by atoms with Gasteiger partial charge < -0.3 is 14.5 Å². The quantitative estimate of drug-likeness (QED) is 0.547. The molecule has 1 aliphatic heterocycles. The minimum Gasteiger partial charge on any atom is -0.422 e. The Morgan fingerprint density at radius 1 is 1.09 bits per heavy atom. The highest BCUT2D eigenvalue weighted by atomic mass is 19.4. The molecule has 12 heteroatoms. The molecule has 2 aromatic heterocycles. The number of aromatic nitrogens is 3. The molecule has 3 heterocycles. The number of nitrogens with zero attached hydrogens (tertiary/aromatic N) is 3. The molecule has 1 N–H and O–H groups in total. The molecule has 5 rings (SSSR count). The molecule has 180 valence electrons. The van der Waals surface area contributed by atoms with Crippen molar-refractivity contribution in [3.63, 3.8) is 0 Å². The zero-order valence-corrected chi connectivity index (χ0v) is 17.7. The molecule has 8 nitrogen and oxygen atoms in total. The highest BCUT2D eigenvalue weighted by Gasteiger charge is 2.42. The molecule has 0 spiro atoms. The van der Waals surface area contributed by atoms with E-state index in [2.05, 4.69) is 25.2 Å². The molecule has 1 saturated carbocycles. The van der Waals surface area contributed by atoms with E-state index >= 15 is 0 Å². The fraction of sp³-hybridized carbons (Fsp3) is 0.455. The number of nitrogens with one attached hydrogen (secondary N) is 1. The number of rotatable bonds is 5. The summed E-state index contributed by atoms with van der Waals surface area (Å²) >= 11 is 0. The van der Waals surface area contributed by atoms with Crippen LogP contribution in [0.1, 0.15) is 60.0 Å². The lowest BCUT2D eigenvalue weighted by atomic mass is 9.82. The summed E-state index contributed by atoms with van der Waals surface area (Å²) in [4.78, 5) is 16.9. The Bertz CT molecular complexity index is 1190. The molecule has 2 aliphatic rings. The Morgan fingerprint density at radius 3 is 2.62 bits per heavy atom. The van der Waals surface area contributed by atoms with Gasteiger partial charge in [0.1, 0.15) is 17.6 Å². The number of hydrogen-bond acceptors (Lipinski definition) is 7. The van der Waals surface area contributed by atoms with Gasteiger partial charge in [0.2, 0.25) is 11.8 Å². The third-order valence-electron chi connectivity index (χ3n) is 5.97. The van der Waals surface area contributed by atoms with Crippen LogP contribution >= 0.6 is 0 Å². The summed E-state index contributed by atoms with van der Waals surface area (Å²) < 4.78 is 65.5. The first-order chi connectivity index (χ1) is 16.2. The van der Waals surface area contributed by atoms with E-state index in [0.717, 1.165) is 0 Å². The zero-order valence-electron chi connectivity index (χ0n) is 17.7. The van der Waals surface area contributed by atoms with Crippen LogP contribution in [0.15, 0.2) is 34.7 Å².